The first kappa shape index (κ1) is 11.6. The Morgan fingerprint density at radius 1 is 1.17 bits per heavy atom. The van der Waals surface area contributed by atoms with Crippen LogP contribution in [0.5, 0.6) is 0 Å². The average molecular weight is 190 g/mol. The van der Waals surface area contributed by atoms with E-state index in [4.69, 9.17) is 0 Å². The highest BCUT2D eigenvalue weighted by Crippen LogP contribution is 2.28. The maximum atomic E-state index is 12.5. The van der Waals surface area contributed by atoms with Crippen molar-refractivity contribution in [3.63, 3.8) is 0 Å². The van der Waals surface area contributed by atoms with Crippen LogP contribution >= 0.6 is 0 Å². The van der Waals surface area contributed by atoms with Crippen LogP contribution < -0.4 is 0 Å². The zero-order chi connectivity index (χ0) is 9.78. The molecular formula is C7H11F5. The van der Waals surface area contributed by atoms with Crippen LogP contribution in [0.4, 0.5) is 22.0 Å². The van der Waals surface area contributed by atoms with Crippen molar-refractivity contribution in [1.29, 1.82) is 0 Å². The lowest BCUT2D eigenvalue weighted by Gasteiger charge is -2.17. The minimum Gasteiger partial charge on any atom is -0.241 e. The van der Waals surface area contributed by atoms with E-state index in [1.807, 2.05) is 0 Å². The number of alkyl halides is 5. The van der Waals surface area contributed by atoms with Gasteiger partial charge in [-0.3, -0.25) is 0 Å². The minimum atomic E-state index is -3.31. The summed E-state index contributed by atoms with van der Waals surface area (Å²) in [5.41, 5.74) is 0. The standard InChI is InChI=1S/C7H11F5/c1-2-3-7(11,12)4-5(8)6(9)10/h5-6H,2-4H2,1H3/t5-/m0/s1. The van der Waals surface area contributed by atoms with Crippen LogP contribution in [0, 0.1) is 0 Å². The zero-order valence-electron chi connectivity index (χ0n) is 6.67. The summed E-state index contributed by atoms with van der Waals surface area (Å²) in [5.74, 6) is -3.30. The maximum absolute atomic E-state index is 12.5. The highest BCUT2D eigenvalue weighted by molar-refractivity contribution is 4.72. The summed E-state index contributed by atoms with van der Waals surface area (Å²) in [7, 11) is 0. The molecule has 12 heavy (non-hydrogen) atoms. The van der Waals surface area contributed by atoms with Crippen LogP contribution in [0.25, 0.3) is 0 Å². The predicted octanol–water partition coefficient (Wildman–Crippen LogP) is 3.42. The predicted molar refractivity (Wildman–Crippen MR) is 35.4 cm³/mol. The van der Waals surface area contributed by atoms with Gasteiger partial charge in [0.25, 0.3) is 12.3 Å². The molecule has 0 amide bonds. The van der Waals surface area contributed by atoms with Crippen LogP contribution in [0.3, 0.4) is 0 Å². The van der Waals surface area contributed by atoms with Crippen molar-refractivity contribution in [2.24, 2.45) is 0 Å². The molecule has 0 aromatic heterocycles. The van der Waals surface area contributed by atoms with Crippen molar-refractivity contribution in [2.45, 2.75) is 44.7 Å². The molecule has 0 saturated heterocycles. The highest BCUT2D eigenvalue weighted by Gasteiger charge is 2.35. The van der Waals surface area contributed by atoms with E-state index in [-0.39, 0.29) is 6.42 Å². The van der Waals surface area contributed by atoms with E-state index in [0.29, 0.717) is 0 Å². The van der Waals surface area contributed by atoms with Gasteiger partial charge < -0.3 is 0 Å². The largest absolute Gasteiger partial charge is 0.269 e. The van der Waals surface area contributed by atoms with Gasteiger partial charge in [0.05, 0.1) is 0 Å². The van der Waals surface area contributed by atoms with Gasteiger partial charge in [0.15, 0.2) is 6.17 Å². The Balaban J connectivity index is 3.87. The van der Waals surface area contributed by atoms with Crippen molar-refractivity contribution < 1.29 is 22.0 Å². The molecule has 5 heteroatoms. The molecule has 1 atom stereocenters. The van der Waals surface area contributed by atoms with E-state index in [0.717, 1.165) is 0 Å². The first-order chi connectivity index (χ1) is 5.39. The van der Waals surface area contributed by atoms with Crippen molar-refractivity contribution in [1.82, 2.24) is 0 Å². The van der Waals surface area contributed by atoms with Crippen molar-refractivity contribution in [3.05, 3.63) is 0 Å². The van der Waals surface area contributed by atoms with Gasteiger partial charge in [0.2, 0.25) is 0 Å². The highest BCUT2D eigenvalue weighted by atomic mass is 19.3. The Kier molecular flexibility index (Phi) is 4.49. The van der Waals surface area contributed by atoms with Crippen LogP contribution in [0.15, 0.2) is 0 Å². The van der Waals surface area contributed by atoms with Crippen LogP contribution in [-0.4, -0.2) is 18.5 Å². The summed E-state index contributed by atoms with van der Waals surface area (Å²) in [5, 5.41) is 0. The fourth-order valence-electron chi connectivity index (χ4n) is 0.842. The van der Waals surface area contributed by atoms with E-state index in [1.165, 1.54) is 6.92 Å². The number of hydrogen-bond acceptors (Lipinski definition) is 0. The van der Waals surface area contributed by atoms with E-state index in [1.54, 1.807) is 0 Å². The molecule has 0 N–H and O–H groups in total. The van der Waals surface area contributed by atoms with Gasteiger partial charge in [-0.05, 0) is 0 Å². The van der Waals surface area contributed by atoms with Gasteiger partial charge in [0.1, 0.15) is 0 Å². The maximum Gasteiger partial charge on any atom is 0.269 e. The molecule has 0 unspecified atom stereocenters. The zero-order valence-corrected chi connectivity index (χ0v) is 6.67. The summed E-state index contributed by atoms with van der Waals surface area (Å²) < 4.78 is 60.0. The molecule has 0 aromatic rings. The van der Waals surface area contributed by atoms with Gasteiger partial charge in [-0.25, -0.2) is 22.0 Å². The fourth-order valence-corrected chi connectivity index (χ4v) is 0.842. The molecule has 0 aromatic carbocycles. The molecule has 0 fully saturated rings. The summed E-state index contributed by atoms with van der Waals surface area (Å²) in [6.45, 7) is 1.49. The lowest BCUT2D eigenvalue weighted by atomic mass is 10.1. The molecule has 0 aliphatic rings. The van der Waals surface area contributed by atoms with Crippen molar-refractivity contribution in [3.8, 4) is 0 Å². The van der Waals surface area contributed by atoms with E-state index in [9.17, 15) is 22.0 Å². The third-order valence-corrected chi connectivity index (χ3v) is 1.38. The molecule has 0 heterocycles. The van der Waals surface area contributed by atoms with Crippen molar-refractivity contribution >= 4 is 0 Å². The molecule has 0 aliphatic carbocycles. The molecule has 0 nitrogen and oxygen atoms in total. The summed E-state index contributed by atoms with van der Waals surface area (Å²) in [6, 6.07) is 0. The first-order valence-corrected chi connectivity index (χ1v) is 3.69. The topological polar surface area (TPSA) is 0 Å². The Hall–Kier alpha value is -0.350. The second-order valence-corrected chi connectivity index (χ2v) is 2.66. The molecule has 0 bridgehead atoms. The number of hydrogen-bond donors (Lipinski definition) is 0. The van der Waals surface area contributed by atoms with Gasteiger partial charge >= 0.3 is 0 Å². The molecular weight excluding hydrogens is 179 g/mol. The SMILES string of the molecule is CCCC(F)(F)C[C@H](F)C(F)F. The molecule has 0 aliphatic heterocycles. The van der Waals surface area contributed by atoms with E-state index < -0.39 is 31.4 Å². The Bertz CT molecular complexity index is 123. The van der Waals surface area contributed by atoms with E-state index in [2.05, 4.69) is 0 Å². The number of halogens is 5. The first-order valence-electron chi connectivity index (χ1n) is 3.69. The lowest BCUT2D eigenvalue weighted by Crippen LogP contribution is -2.25. The third kappa shape index (κ3) is 4.51. The average Bonchev–Trinajstić information content (AvgIpc) is 1.85. The lowest BCUT2D eigenvalue weighted by molar-refractivity contribution is -0.0660. The molecule has 0 spiro atoms. The van der Waals surface area contributed by atoms with Crippen molar-refractivity contribution in [2.75, 3.05) is 0 Å². The summed E-state index contributed by atoms with van der Waals surface area (Å²) >= 11 is 0. The van der Waals surface area contributed by atoms with Crippen LogP contribution in [0.1, 0.15) is 26.2 Å². The molecule has 74 valence electrons. The summed E-state index contributed by atoms with van der Waals surface area (Å²) in [4.78, 5) is 0. The third-order valence-electron chi connectivity index (χ3n) is 1.38. The van der Waals surface area contributed by atoms with Gasteiger partial charge in [-0.1, -0.05) is 13.3 Å². The second kappa shape index (κ2) is 4.62. The monoisotopic (exact) mass is 190 g/mol. The normalized spacial score (nSPS) is 15.2. The van der Waals surface area contributed by atoms with Crippen LogP contribution in [0.2, 0.25) is 0 Å². The van der Waals surface area contributed by atoms with Crippen LogP contribution in [-0.2, 0) is 0 Å². The molecule has 0 radical (unpaired) electrons. The number of rotatable bonds is 5. The quantitative estimate of drug-likeness (QED) is 0.582. The van der Waals surface area contributed by atoms with Gasteiger partial charge in [0, 0.05) is 12.8 Å². The Morgan fingerprint density at radius 3 is 2.00 bits per heavy atom. The Morgan fingerprint density at radius 2 is 1.67 bits per heavy atom. The van der Waals surface area contributed by atoms with Gasteiger partial charge in [-0.2, -0.15) is 0 Å². The molecule has 0 saturated carbocycles. The smallest absolute Gasteiger partial charge is 0.241 e. The Labute approximate surface area is 67.8 Å². The second-order valence-electron chi connectivity index (χ2n) is 2.66. The van der Waals surface area contributed by atoms with E-state index >= 15 is 0 Å². The molecule has 0 rings (SSSR count). The summed E-state index contributed by atoms with van der Waals surface area (Å²) in [6.07, 6.45) is -7.79. The minimum absolute atomic E-state index is 0.156. The fraction of sp³-hybridized carbons (Fsp3) is 1.00. The van der Waals surface area contributed by atoms with Gasteiger partial charge in [-0.15, -0.1) is 0 Å².